The number of rotatable bonds is 7. The lowest BCUT2D eigenvalue weighted by molar-refractivity contribution is -0.205. The van der Waals surface area contributed by atoms with Gasteiger partial charge in [0.15, 0.2) is 0 Å². The summed E-state index contributed by atoms with van der Waals surface area (Å²) in [6.45, 7) is 2.16. The van der Waals surface area contributed by atoms with Crippen molar-refractivity contribution in [3.8, 4) is 5.75 Å². The van der Waals surface area contributed by atoms with E-state index in [-0.39, 0.29) is 29.7 Å². The zero-order chi connectivity index (χ0) is 20.0. The summed E-state index contributed by atoms with van der Waals surface area (Å²) in [4.78, 5) is 23.9. The van der Waals surface area contributed by atoms with Gasteiger partial charge in [-0.05, 0) is 32.0 Å². The van der Waals surface area contributed by atoms with Crippen molar-refractivity contribution < 1.29 is 37.0 Å². The molecule has 0 bridgehead atoms. The third-order valence-electron chi connectivity index (χ3n) is 3.06. The van der Waals surface area contributed by atoms with Crippen molar-refractivity contribution in [3.05, 3.63) is 23.2 Å². The van der Waals surface area contributed by atoms with Crippen LogP contribution >= 0.6 is 11.6 Å². The molecular weight excluding hydrogens is 381 g/mol. The molecule has 0 aliphatic carbocycles. The van der Waals surface area contributed by atoms with Crippen LogP contribution in [0.1, 0.15) is 13.8 Å². The molecule has 7 nitrogen and oxygen atoms in total. The van der Waals surface area contributed by atoms with Gasteiger partial charge in [0.1, 0.15) is 5.75 Å². The van der Waals surface area contributed by atoms with E-state index in [2.05, 4.69) is 9.47 Å². The zero-order valence-electron chi connectivity index (χ0n) is 14.2. The number of carbonyl (C=O) groups is 2. The normalized spacial score (nSPS) is 13.3. The molecular formula is C15H18ClF3N2O5. The monoisotopic (exact) mass is 398 g/mol. The predicted octanol–water partition coefficient (Wildman–Crippen LogP) is 3.33. The van der Waals surface area contributed by atoms with Crippen LogP contribution in [0.25, 0.3) is 0 Å². The third-order valence-corrected chi connectivity index (χ3v) is 3.29. The minimum Gasteiger partial charge on any atom is -0.495 e. The molecule has 1 amide bonds. The molecule has 26 heavy (non-hydrogen) atoms. The number of halogens is 4. The number of anilines is 1. The lowest BCUT2D eigenvalue weighted by Gasteiger charge is -2.35. The first-order valence-electron chi connectivity index (χ1n) is 7.41. The lowest BCUT2D eigenvalue weighted by atomic mass is 10.1. The standard InChI is InChI=1S/C15H18ClF3N2O5/c1-4-25-12(22)14(15(17,18)19,21-13(23)26-5-2)20-10-8-9(16)6-7-11(10)24-3/h6-8,20H,4-5H2,1-3H3,(H,21,23)/t14-/m0/s1. The number of amides is 1. The first-order chi connectivity index (χ1) is 12.1. The summed E-state index contributed by atoms with van der Waals surface area (Å²) in [6, 6.07) is 3.78. The van der Waals surface area contributed by atoms with Crippen molar-refractivity contribution in [1.82, 2.24) is 5.32 Å². The second-order valence-corrected chi connectivity index (χ2v) is 5.22. The number of hydrogen-bond donors (Lipinski definition) is 2. The highest BCUT2D eigenvalue weighted by atomic mass is 35.5. The van der Waals surface area contributed by atoms with Gasteiger partial charge in [0.25, 0.3) is 0 Å². The Labute approximate surface area is 152 Å². The van der Waals surface area contributed by atoms with Crippen LogP contribution in [0.2, 0.25) is 5.02 Å². The molecule has 2 N–H and O–H groups in total. The largest absolute Gasteiger partial charge is 0.495 e. The Morgan fingerprint density at radius 3 is 2.27 bits per heavy atom. The lowest BCUT2D eigenvalue weighted by Crippen LogP contribution is -2.69. The Hall–Kier alpha value is -2.36. The number of methoxy groups -OCH3 is 1. The van der Waals surface area contributed by atoms with E-state index in [1.165, 1.54) is 38.4 Å². The van der Waals surface area contributed by atoms with E-state index in [1.807, 2.05) is 5.32 Å². The molecule has 0 aliphatic rings. The minimum atomic E-state index is -5.29. The van der Waals surface area contributed by atoms with Crippen LogP contribution in [0.4, 0.5) is 23.7 Å². The Morgan fingerprint density at radius 2 is 1.77 bits per heavy atom. The van der Waals surface area contributed by atoms with Crippen molar-refractivity contribution in [2.75, 3.05) is 25.6 Å². The molecule has 0 fully saturated rings. The fourth-order valence-electron chi connectivity index (χ4n) is 1.93. The molecule has 1 aromatic carbocycles. The van der Waals surface area contributed by atoms with Gasteiger partial charge in [-0.25, -0.2) is 9.59 Å². The molecule has 0 unspecified atom stereocenters. The Kier molecular flexibility index (Phi) is 7.37. The molecule has 1 rings (SSSR count). The minimum absolute atomic E-state index is 0.0435. The van der Waals surface area contributed by atoms with Gasteiger partial charge >= 0.3 is 23.9 Å². The molecule has 0 saturated carbocycles. The van der Waals surface area contributed by atoms with Gasteiger partial charge in [-0.2, -0.15) is 13.2 Å². The third kappa shape index (κ3) is 4.84. The van der Waals surface area contributed by atoms with Gasteiger partial charge in [0.2, 0.25) is 0 Å². The average molecular weight is 399 g/mol. The van der Waals surface area contributed by atoms with Crippen LogP contribution in [0.5, 0.6) is 5.75 Å². The summed E-state index contributed by atoms with van der Waals surface area (Å²) in [7, 11) is 1.22. The quantitative estimate of drug-likeness (QED) is 0.541. The van der Waals surface area contributed by atoms with E-state index >= 15 is 0 Å². The Balaban J connectivity index is 3.48. The number of hydrogen-bond acceptors (Lipinski definition) is 6. The van der Waals surface area contributed by atoms with Crippen molar-refractivity contribution in [2.45, 2.75) is 25.7 Å². The van der Waals surface area contributed by atoms with Gasteiger partial charge in [0.05, 0.1) is 26.0 Å². The Bertz CT molecular complexity index is 657. The smallest absolute Gasteiger partial charge is 0.442 e. The van der Waals surface area contributed by atoms with Crippen molar-refractivity contribution in [3.63, 3.8) is 0 Å². The second-order valence-electron chi connectivity index (χ2n) is 4.78. The highest BCUT2D eigenvalue weighted by Gasteiger charge is 2.64. The average Bonchev–Trinajstić information content (AvgIpc) is 2.53. The molecule has 0 saturated heterocycles. The van der Waals surface area contributed by atoms with Gasteiger partial charge in [-0.1, -0.05) is 11.6 Å². The van der Waals surface area contributed by atoms with Crippen LogP contribution in [-0.4, -0.2) is 44.2 Å². The summed E-state index contributed by atoms with van der Waals surface area (Å²) >= 11 is 5.81. The van der Waals surface area contributed by atoms with Crippen LogP contribution < -0.4 is 15.4 Å². The van der Waals surface area contributed by atoms with Crippen LogP contribution in [0, 0.1) is 0 Å². The molecule has 1 atom stereocenters. The topological polar surface area (TPSA) is 85.9 Å². The molecule has 1 aromatic rings. The number of alkyl carbamates (subject to hydrolysis) is 1. The van der Waals surface area contributed by atoms with Gasteiger partial charge in [-0.3, -0.25) is 5.32 Å². The summed E-state index contributed by atoms with van der Waals surface area (Å²) < 4.78 is 55.6. The molecule has 11 heteroatoms. The number of ether oxygens (including phenoxy) is 3. The SMILES string of the molecule is CCOC(=O)N[C@@](Nc1cc(Cl)ccc1OC)(C(=O)OCC)C(F)(F)F. The maximum atomic E-state index is 13.9. The second kappa shape index (κ2) is 8.84. The van der Waals surface area contributed by atoms with Crippen molar-refractivity contribution >= 4 is 29.4 Å². The van der Waals surface area contributed by atoms with Crippen LogP contribution in [0.3, 0.4) is 0 Å². The van der Waals surface area contributed by atoms with E-state index in [4.69, 9.17) is 16.3 Å². The first-order valence-corrected chi connectivity index (χ1v) is 7.79. The van der Waals surface area contributed by atoms with E-state index in [9.17, 15) is 22.8 Å². The molecule has 0 heterocycles. The maximum Gasteiger partial charge on any atom is 0.442 e. The summed E-state index contributed by atoms with van der Waals surface area (Å²) in [6.07, 6.45) is -6.76. The maximum absolute atomic E-state index is 13.9. The summed E-state index contributed by atoms with van der Waals surface area (Å²) in [5, 5.41) is 3.52. The number of carbonyl (C=O) groups excluding carboxylic acids is 2. The van der Waals surface area contributed by atoms with Gasteiger partial charge in [-0.15, -0.1) is 0 Å². The highest BCUT2D eigenvalue weighted by Crippen LogP contribution is 2.37. The van der Waals surface area contributed by atoms with Gasteiger partial charge < -0.3 is 19.5 Å². The molecule has 0 radical (unpaired) electrons. The van der Waals surface area contributed by atoms with E-state index in [0.29, 0.717) is 0 Å². The fourth-order valence-corrected chi connectivity index (χ4v) is 2.10. The van der Waals surface area contributed by atoms with E-state index < -0.39 is 23.9 Å². The van der Waals surface area contributed by atoms with Crippen molar-refractivity contribution in [2.24, 2.45) is 0 Å². The zero-order valence-corrected chi connectivity index (χ0v) is 15.0. The highest BCUT2D eigenvalue weighted by molar-refractivity contribution is 6.31. The number of esters is 1. The fraction of sp³-hybridized carbons (Fsp3) is 0.467. The molecule has 0 aromatic heterocycles. The van der Waals surface area contributed by atoms with Crippen LogP contribution in [-0.2, 0) is 14.3 Å². The number of benzene rings is 1. The molecule has 0 spiro atoms. The molecule has 146 valence electrons. The summed E-state index contributed by atoms with van der Waals surface area (Å²) in [5.41, 5.74) is -3.91. The number of alkyl halides is 3. The Morgan fingerprint density at radius 1 is 1.15 bits per heavy atom. The first kappa shape index (κ1) is 21.7. The predicted molar refractivity (Wildman–Crippen MR) is 87.2 cm³/mol. The van der Waals surface area contributed by atoms with E-state index in [1.54, 1.807) is 0 Å². The number of nitrogens with one attached hydrogen (secondary N) is 2. The van der Waals surface area contributed by atoms with E-state index in [0.717, 1.165) is 6.07 Å². The summed E-state index contributed by atoms with van der Waals surface area (Å²) in [5.74, 6) is -1.82. The van der Waals surface area contributed by atoms with Gasteiger partial charge in [0, 0.05) is 5.02 Å². The van der Waals surface area contributed by atoms with Crippen molar-refractivity contribution in [1.29, 1.82) is 0 Å². The molecule has 0 aliphatic heterocycles. The van der Waals surface area contributed by atoms with Crippen LogP contribution in [0.15, 0.2) is 18.2 Å².